The average molecular weight is 228 g/mol. The van der Waals surface area contributed by atoms with Gasteiger partial charge in [-0.05, 0) is 19.8 Å². The number of carboxylic acids is 1. The second-order valence-corrected chi connectivity index (χ2v) is 3.72. The Hall–Kier alpha value is -1.52. The summed E-state index contributed by atoms with van der Waals surface area (Å²) < 4.78 is 0. The Morgan fingerprint density at radius 1 is 1.44 bits per heavy atom. The van der Waals surface area contributed by atoms with Gasteiger partial charge in [-0.2, -0.15) is 0 Å². The minimum absolute atomic E-state index is 0.194. The van der Waals surface area contributed by atoms with Crippen molar-refractivity contribution in [2.75, 3.05) is 0 Å². The second-order valence-electron chi connectivity index (χ2n) is 3.72. The summed E-state index contributed by atoms with van der Waals surface area (Å²) in [6, 6.07) is -0.682. The van der Waals surface area contributed by atoms with Gasteiger partial charge in [0, 0.05) is 6.04 Å². The van der Waals surface area contributed by atoms with Crippen LogP contribution in [0.2, 0.25) is 0 Å². The average Bonchev–Trinajstić information content (AvgIpc) is 2.25. The van der Waals surface area contributed by atoms with Gasteiger partial charge >= 0.3 is 12.0 Å². The molecular formula is C11H20N2O3. The Morgan fingerprint density at radius 3 is 2.25 bits per heavy atom. The molecule has 5 nitrogen and oxygen atoms in total. The van der Waals surface area contributed by atoms with Crippen LogP contribution in [0.1, 0.15) is 33.6 Å². The van der Waals surface area contributed by atoms with Crippen LogP contribution < -0.4 is 10.6 Å². The fraction of sp³-hybridized carbons (Fsp3) is 0.636. The lowest BCUT2D eigenvalue weighted by atomic mass is 9.93. The maximum atomic E-state index is 11.5. The van der Waals surface area contributed by atoms with Crippen molar-refractivity contribution in [3.05, 3.63) is 12.7 Å². The van der Waals surface area contributed by atoms with Crippen LogP contribution in [0.4, 0.5) is 4.79 Å². The van der Waals surface area contributed by atoms with Gasteiger partial charge < -0.3 is 15.7 Å². The Balaban J connectivity index is 4.58. The van der Waals surface area contributed by atoms with Gasteiger partial charge in [-0.3, -0.25) is 0 Å². The van der Waals surface area contributed by atoms with Crippen molar-refractivity contribution in [3.63, 3.8) is 0 Å². The molecule has 0 spiro atoms. The SMILES string of the molecule is C=CC(C)NC(=O)NC(CC)(CC)C(=O)O. The Morgan fingerprint density at radius 2 is 1.94 bits per heavy atom. The Labute approximate surface area is 95.9 Å². The van der Waals surface area contributed by atoms with Gasteiger partial charge in [0.2, 0.25) is 0 Å². The molecule has 0 aliphatic carbocycles. The molecule has 0 aromatic rings. The molecule has 0 heterocycles. The summed E-state index contributed by atoms with van der Waals surface area (Å²) in [6.45, 7) is 8.75. The molecule has 0 bridgehead atoms. The zero-order valence-electron chi connectivity index (χ0n) is 10.0. The zero-order chi connectivity index (χ0) is 12.8. The van der Waals surface area contributed by atoms with E-state index in [0.717, 1.165) is 0 Å². The first-order valence-electron chi connectivity index (χ1n) is 5.36. The highest BCUT2D eigenvalue weighted by atomic mass is 16.4. The van der Waals surface area contributed by atoms with E-state index in [1.165, 1.54) is 0 Å². The van der Waals surface area contributed by atoms with Crippen LogP contribution in [-0.4, -0.2) is 28.7 Å². The number of urea groups is 1. The fourth-order valence-electron chi connectivity index (χ4n) is 1.30. The van der Waals surface area contributed by atoms with Crippen LogP contribution in [0.15, 0.2) is 12.7 Å². The maximum absolute atomic E-state index is 11.5. The minimum Gasteiger partial charge on any atom is -0.480 e. The first-order valence-corrected chi connectivity index (χ1v) is 5.36. The molecule has 0 saturated carbocycles. The van der Waals surface area contributed by atoms with E-state index in [1.54, 1.807) is 26.8 Å². The lowest BCUT2D eigenvalue weighted by Gasteiger charge is -2.28. The summed E-state index contributed by atoms with van der Waals surface area (Å²) in [5.41, 5.74) is -1.19. The van der Waals surface area contributed by atoms with Gasteiger partial charge in [-0.25, -0.2) is 9.59 Å². The predicted molar refractivity (Wildman–Crippen MR) is 62.3 cm³/mol. The molecule has 0 radical (unpaired) electrons. The number of carbonyl (C=O) groups excluding carboxylic acids is 1. The number of hydrogen-bond acceptors (Lipinski definition) is 2. The van der Waals surface area contributed by atoms with E-state index in [4.69, 9.17) is 5.11 Å². The van der Waals surface area contributed by atoms with Crippen molar-refractivity contribution >= 4 is 12.0 Å². The zero-order valence-corrected chi connectivity index (χ0v) is 10.0. The summed E-state index contributed by atoms with van der Waals surface area (Å²) in [6.07, 6.45) is 2.25. The number of carbonyl (C=O) groups is 2. The number of nitrogens with one attached hydrogen (secondary N) is 2. The molecule has 2 amide bonds. The second kappa shape index (κ2) is 6.15. The minimum atomic E-state index is -1.19. The predicted octanol–water partition coefficient (Wildman–Crippen LogP) is 1.50. The van der Waals surface area contributed by atoms with Crippen LogP contribution in [0, 0.1) is 0 Å². The third-order valence-corrected chi connectivity index (χ3v) is 2.68. The van der Waals surface area contributed by atoms with Crippen LogP contribution in [0.5, 0.6) is 0 Å². The van der Waals surface area contributed by atoms with E-state index in [0.29, 0.717) is 12.8 Å². The molecule has 5 heteroatoms. The lowest BCUT2D eigenvalue weighted by molar-refractivity contribution is -0.144. The third kappa shape index (κ3) is 3.56. The first-order chi connectivity index (χ1) is 7.41. The van der Waals surface area contributed by atoms with Gasteiger partial charge in [-0.15, -0.1) is 6.58 Å². The van der Waals surface area contributed by atoms with Gasteiger partial charge in [0.05, 0.1) is 0 Å². The molecule has 0 fully saturated rings. The molecule has 92 valence electrons. The van der Waals surface area contributed by atoms with E-state index < -0.39 is 17.5 Å². The van der Waals surface area contributed by atoms with E-state index in [1.807, 2.05) is 0 Å². The van der Waals surface area contributed by atoms with Gasteiger partial charge in [-0.1, -0.05) is 19.9 Å². The standard InChI is InChI=1S/C11H20N2O3/c1-5-8(4)12-10(16)13-11(6-2,7-3)9(14)15/h5,8H,1,6-7H2,2-4H3,(H,14,15)(H2,12,13,16). The van der Waals surface area contributed by atoms with E-state index in [-0.39, 0.29) is 6.04 Å². The molecule has 0 aliphatic rings. The molecule has 0 saturated heterocycles. The van der Waals surface area contributed by atoms with E-state index in [9.17, 15) is 9.59 Å². The summed E-state index contributed by atoms with van der Waals surface area (Å²) in [5, 5.41) is 14.2. The largest absolute Gasteiger partial charge is 0.480 e. The van der Waals surface area contributed by atoms with Gasteiger partial charge in [0.15, 0.2) is 0 Å². The number of rotatable bonds is 6. The van der Waals surface area contributed by atoms with Crippen molar-refractivity contribution in [1.29, 1.82) is 0 Å². The first kappa shape index (κ1) is 14.5. The Bertz CT molecular complexity index is 272. The Kier molecular flexibility index (Phi) is 5.56. The van der Waals surface area contributed by atoms with Crippen molar-refractivity contribution < 1.29 is 14.7 Å². The highest BCUT2D eigenvalue weighted by molar-refractivity contribution is 5.86. The lowest BCUT2D eigenvalue weighted by Crippen LogP contribution is -2.57. The number of amides is 2. The summed E-state index contributed by atoms with van der Waals surface area (Å²) in [4.78, 5) is 22.6. The van der Waals surface area contributed by atoms with Crippen molar-refractivity contribution in [2.45, 2.75) is 45.2 Å². The van der Waals surface area contributed by atoms with E-state index >= 15 is 0 Å². The molecule has 0 aliphatic heterocycles. The molecule has 1 unspecified atom stereocenters. The van der Waals surface area contributed by atoms with Crippen LogP contribution in [0.25, 0.3) is 0 Å². The molecule has 0 aromatic carbocycles. The topological polar surface area (TPSA) is 78.4 Å². The molecule has 0 aromatic heterocycles. The van der Waals surface area contributed by atoms with Crippen molar-refractivity contribution in [2.24, 2.45) is 0 Å². The molecule has 0 rings (SSSR count). The summed E-state index contributed by atoms with van der Waals surface area (Å²) in [7, 11) is 0. The number of hydrogen-bond donors (Lipinski definition) is 3. The number of aliphatic carboxylic acids is 1. The van der Waals surface area contributed by atoms with Crippen LogP contribution in [0.3, 0.4) is 0 Å². The molecular weight excluding hydrogens is 208 g/mol. The summed E-state index contributed by atoms with van der Waals surface area (Å²) in [5.74, 6) is -1.01. The van der Waals surface area contributed by atoms with E-state index in [2.05, 4.69) is 17.2 Å². The van der Waals surface area contributed by atoms with Crippen LogP contribution in [-0.2, 0) is 4.79 Å². The van der Waals surface area contributed by atoms with Gasteiger partial charge in [0.25, 0.3) is 0 Å². The van der Waals surface area contributed by atoms with Crippen LogP contribution >= 0.6 is 0 Å². The highest BCUT2D eigenvalue weighted by Gasteiger charge is 2.36. The molecule has 3 N–H and O–H groups in total. The fourth-order valence-corrected chi connectivity index (χ4v) is 1.30. The summed E-state index contributed by atoms with van der Waals surface area (Å²) >= 11 is 0. The number of carboxylic acid groups (broad SMARTS) is 1. The highest BCUT2D eigenvalue weighted by Crippen LogP contribution is 2.15. The third-order valence-electron chi connectivity index (χ3n) is 2.68. The van der Waals surface area contributed by atoms with Crippen molar-refractivity contribution in [1.82, 2.24) is 10.6 Å². The monoisotopic (exact) mass is 228 g/mol. The van der Waals surface area contributed by atoms with Gasteiger partial charge in [0.1, 0.15) is 5.54 Å². The maximum Gasteiger partial charge on any atom is 0.329 e. The smallest absolute Gasteiger partial charge is 0.329 e. The normalized spacial score (nSPS) is 12.7. The molecule has 16 heavy (non-hydrogen) atoms. The molecule has 1 atom stereocenters. The quantitative estimate of drug-likeness (QED) is 0.603. The van der Waals surface area contributed by atoms with Crippen molar-refractivity contribution in [3.8, 4) is 0 Å².